The molecule has 0 radical (unpaired) electrons. The molecule has 1 aliphatic carbocycles. The minimum atomic E-state index is -0.838. The topological polar surface area (TPSA) is 185 Å². The number of benzene rings is 2. The number of carbonyl (C=O) groups is 3. The zero-order valence-electron chi connectivity index (χ0n) is 27.8. The van der Waals surface area contributed by atoms with Crippen molar-refractivity contribution in [3.8, 4) is 0 Å². The normalized spacial score (nSPS) is 19.5. The van der Waals surface area contributed by atoms with Crippen LogP contribution in [-0.4, -0.2) is 57.8 Å². The molecule has 49 heavy (non-hydrogen) atoms. The summed E-state index contributed by atoms with van der Waals surface area (Å²) < 4.78 is 16.9. The molecule has 0 heterocycles. The number of ether oxygens (including phenoxy) is 3. The molecule has 2 aromatic carbocycles. The zero-order valence-corrected chi connectivity index (χ0v) is 27.8. The van der Waals surface area contributed by atoms with E-state index >= 15 is 0 Å². The Morgan fingerprint density at radius 2 is 1.43 bits per heavy atom. The zero-order chi connectivity index (χ0) is 35.8. The van der Waals surface area contributed by atoms with Crippen molar-refractivity contribution in [2.75, 3.05) is 6.61 Å². The van der Waals surface area contributed by atoms with Crippen molar-refractivity contribution in [2.24, 2.45) is 11.8 Å². The van der Waals surface area contributed by atoms with Gasteiger partial charge in [-0.15, -0.1) is 0 Å². The van der Waals surface area contributed by atoms with Crippen LogP contribution in [0.4, 0.5) is 11.4 Å². The van der Waals surface area contributed by atoms with Gasteiger partial charge in [0.15, 0.2) is 0 Å². The first kappa shape index (κ1) is 38.5. The number of aliphatic hydroxyl groups excluding tert-OH is 1. The van der Waals surface area contributed by atoms with Crippen LogP contribution < -0.4 is 0 Å². The number of hydrogen-bond donors (Lipinski definition) is 1. The van der Waals surface area contributed by atoms with Crippen LogP contribution in [0.25, 0.3) is 0 Å². The van der Waals surface area contributed by atoms with Crippen LogP contribution in [0, 0.1) is 32.1 Å². The summed E-state index contributed by atoms with van der Waals surface area (Å²) >= 11 is 0. The number of rotatable bonds is 19. The molecular weight excluding hydrogens is 636 g/mol. The molecule has 1 N–H and O–H groups in total. The van der Waals surface area contributed by atoms with Crippen LogP contribution in [0.2, 0.25) is 0 Å². The molecule has 1 saturated carbocycles. The van der Waals surface area contributed by atoms with Crippen molar-refractivity contribution in [2.45, 2.75) is 89.9 Å². The highest BCUT2D eigenvalue weighted by Crippen LogP contribution is 2.41. The number of unbranched alkanes of at least 4 members (excludes halogenated alkanes) is 3. The summed E-state index contributed by atoms with van der Waals surface area (Å²) in [6, 6.07) is 9.95. The summed E-state index contributed by atoms with van der Waals surface area (Å²) in [5.41, 5.74) is -0.194. The van der Waals surface area contributed by atoms with Crippen molar-refractivity contribution in [1.82, 2.24) is 0 Å². The van der Waals surface area contributed by atoms with Crippen LogP contribution >= 0.6 is 0 Å². The Balaban J connectivity index is 1.88. The molecule has 3 rings (SSSR count). The predicted molar refractivity (Wildman–Crippen MR) is 180 cm³/mol. The molecule has 13 heteroatoms. The van der Waals surface area contributed by atoms with E-state index in [4.69, 9.17) is 14.2 Å². The summed E-state index contributed by atoms with van der Waals surface area (Å²) in [6.45, 7) is 4.07. The minimum Gasteiger partial charge on any atom is -0.466 e. The molecule has 0 unspecified atom stereocenters. The number of non-ortho nitro benzene ring substituents is 2. The lowest BCUT2D eigenvalue weighted by Crippen LogP contribution is -2.26. The van der Waals surface area contributed by atoms with E-state index in [1.54, 1.807) is 19.1 Å². The van der Waals surface area contributed by atoms with E-state index in [1.807, 2.05) is 12.2 Å². The first-order valence-electron chi connectivity index (χ1n) is 16.6. The molecule has 0 amide bonds. The van der Waals surface area contributed by atoms with E-state index < -0.39 is 51.9 Å². The maximum Gasteiger partial charge on any atom is 0.338 e. The van der Waals surface area contributed by atoms with Crippen LogP contribution in [0.3, 0.4) is 0 Å². The van der Waals surface area contributed by atoms with Crippen molar-refractivity contribution in [1.29, 1.82) is 0 Å². The Kier molecular flexibility index (Phi) is 15.6. The number of aliphatic hydroxyl groups is 1. The fourth-order valence-electron chi connectivity index (χ4n) is 5.76. The largest absolute Gasteiger partial charge is 0.466 e. The van der Waals surface area contributed by atoms with Gasteiger partial charge in [-0.2, -0.15) is 0 Å². The lowest BCUT2D eigenvalue weighted by atomic mass is 9.88. The molecule has 0 aliphatic heterocycles. The highest BCUT2D eigenvalue weighted by atomic mass is 16.6. The fourth-order valence-corrected chi connectivity index (χ4v) is 5.76. The van der Waals surface area contributed by atoms with Gasteiger partial charge in [0.1, 0.15) is 12.2 Å². The summed E-state index contributed by atoms with van der Waals surface area (Å²) in [5, 5.41) is 32.9. The number of hydrogen-bond acceptors (Lipinski definition) is 11. The van der Waals surface area contributed by atoms with Gasteiger partial charge >= 0.3 is 17.9 Å². The lowest BCUT2D eigenvalue weighted by molar-refractivity contribution is -0.385. The number of nitro groups is 2. The molecule has 0 aromatic heterocycles. The van der Waals surface area contributed by atoms with Gasteiger partial charge in [-0.1, -0.05) is 44.1 Å². The average Bonchev–Trinajstić information content (AvgIpc) is 3.39. The molecule has 1 aliphatic rings. The molecule has 13 nitrogen and oxygen atoms in total. The monoisotopic (exact) mass is 680 g/mol. The molecule has 0 saturated heterocycles. The molecule has 2 aromatic rings. The van der Waals surface area contributed by atoms with Crippen LogP contribution in [0.1, 0.15) is 92.4 Å². The van der Waals surface area contributed by atoms with Gasteiger partial charge in [0.2, 0.25) is 0 Å². The molecule has 264 valence electrons. The Morgan fingerprint density at radius 1 is 0.857 bits per heavy atom. The second-order valence-electron chi connectivity index (χ2n) is 11.8. The number of nitro benzene ring substituents is 2. The van der Waals surface area contributed by atoms with Crippen molar-refractivity contribution in [3.63, 3.8) is 0 Å². The second-order valence-corrected chi connectivity index (χ2v) is 11.8. The highest BCUT2D eigenvalue weighted by molar-refractivity contribution is 5.90. The highest BCUT2D eigenvalue weighted by Gasteiger charge is 2.46. The molecule has 0 bridgehead atoms. The van der Waals surface area contributed by atoms with Crippen molar-refractivity contribution >= 4 is 29.3 Å². The van der Waals surface area contributed by atoms with Crippen LogP contribution in [-0.2, 0) is 19.0 Å². The van der Waals surface area contributed by atoms with E-state index in [0.29, 0.717) is 19.3 Å². The summed E-state index contributed by atoms with van der Waals surface area (Å²) in [5.74, 6) is -2.83. The third-order valence-electron chi connectivity index (χ3n) is 8.31. The quantitative estimate of drug-likeness (QED) is 0.0399. The Hall–Kier alpha value is -4.91. The number of esters is 3. The van der Waals surface area contributed by atoms with Crippen molar-refractivity contribution < 1.29 is 43.5 Å². The van der Waals surface area contributed by atoms with E-state index in [-0.39, 0.29) is 47.9 Å². The molecule has 0 spiro atoms. The second kappa shape index (κ2) is 19.8. The van der Waals surface area contributed by atoms with E-state index in [1.165, 1.54) is 48.5 Å². The molecule has 1 fully saturated rings. The third-order valence-corrected chi connectivity index (χ3v) is 8.31. The maximum absolute atomic E-state index is 13.2. The van der Waals surface area contributed by atoms with E-state index in [0.717, 1.165) is 25.7 Å². The van der Waals surface area contributed by atoms with E-state index in [9.17, 15) is 39.7 Å². The van der Waals surface area contributed by atoms with Gasteiger partial charge in [0, 0.05) is 48.9 Å². The number of carbonyl (C=O) groups excluding carboxylic acids is 3. The molecule has 5 atom stereocenters. The van der Waals surface area contributed by atoms with Gasteiger partial charge < -0.3 is 19.3 Å². The Morgan fingerprint density at radius 3 is 1.96 bits per heavy atom. The Bertz CT molecular complexity index is 1470. The van der Waals surface area contributed by atoms with Crippen LogP contribution in [0.5, 0.6) is 0 Å². The Labute approximate surface area is 285 Å². The lowest BCUT2D eigenvalue weighted by Gasteiger charge is -2.24. The van der Waals surface area contributed by atoms with Crippen LogP contribution in [0.15, 0.2) is 72.8 Å². The summed E-state index contributed by atoms with van der Waals surface area (Å²) in [6.07, 6.45) is 10.4. The summed E-state index contributed by atoms with van der Waals surface area (Å²) in [7, 11) is 0. The van der Waals surface area contributed by atoms with Gasteiger partial charge in [-0.3, -0.25) is 25.0 Å². The SMILES string of the molecule is CCCCC/C=C\C[C@@H](O)/C=C/[C@@H]1[C@H](CCCC(=O)OCC)[C@H](OC(=O)c2ccc([N+](=O)[O-])cc2)C[C@@H]1OC(=O)c1ccc([N+](=O)[O-])cc1. The smallest absolute Gasteiger partial charge is 0.338 e. The summed E-state index contributed by atoms with van der Waals surface area (Å²) in [4.78, 5) is 59.6. The predicted octanol–water partition coefficient (Wildman–Crippen LogP) is 7.07. The van der Waals surface area contributed by atoms with Gasteiger partial charge in [0.05, 0.1) is 33.7 Å². The fraction of sp³-hybridized carbons (Fsp3) is 0.472. The first-order chi connectivity index (χ1) is 23.5. The van der Waals surface area contributed by atoms with E-state index in [2.05, 4.69) is 6.92 Å². The van der Waals surface area contributed by atoms with Gasteiger partial charge in [-0.25, -0.2) is 9.59 Å². The molecular formula is C36H44N2O11. The van der Waals surface area contributed by atoms with Gasteiger partial charge in [-0.05, 0) is 63.3 Å². The van der Waals surface area contributed by atoms with Crippen molar-refractivity contribution in [3.05, 3.63) is 104 Å². The minimum absolute atomic E-state index is 0.0873. The first-order valence-corrected chi connectivity index (χ1v) is 16.6. The maximum atomic E-state index is 13.2. The number of allylic oxidation sites excluding steroid dienone is 1. The standard InChI is InChI=1S/C36H44N2O11/c1-3-5-6-7-8-9-11-29(39)22-23-31-30(12-10-13-34(40)47-4-2)32(48-35(41)25-14-18-27(19-15-25)37(43)44)24-33(31)49-36(42)26-16-20-28(21-17-26)38(45)46/h8-9,14-23,29-33,39H,3-7,10-13,24H2,1-2H3/b9-8-,23-22+/t29-,30+,31-,32-,33+/m1/s1. The van der Waals surface area contributed by atoms with Gasteiger partial charge in [0.25, 0.3) is 11.4 Å². The average molecular weight is 681 g/mol. The number of nitrogens with zero attached hydrogens (tertiary/aromatic N) is 2. The third kappa shape index (κ3) is 12.2.